The van der Waals surface area contributed by atoms with Gasteiger partial charge in [0, 0.05) is 13.1 Å². The zero-order valence-electron chi connectivity index (χ0n) is 33.8. The molecule has 14 nitrogen and oxygen atoms in total. The predicted octanol–water partition coefficient (Wildman–Crippen LogP) is 6.80. The minimum absolute atomic E-state index is 0.0351. The van der Waals surface area contributed by atoms with Gasteiger partial charge < -0.3 is 39.9 Å². The van der Waals surface area contributed by atoms with Crippen LogP contribution in [-0.2, 0) is 24.5 Å². The third kappa shape index (κ3) is 8.79. The number of allylic oxidation sites excluding steroid dienone is 2. The van der Waals surface area contributed by atoms with Gasteiger partial charge in [0.1, 0.15) is 23.7 Å². The Labute approximate surface area is 329 Å². The Balaban J connectivity index is 1.09. The van der Waals surface area contributed by atoms with Crippen molar-refractivity contribution >= 4 is 29.6 Å². The van der Waals surface area contributed by atoms with Gasteiger partial charge >= 0.3 is 12.2 Å². The van der Waals surface area contributed by atoms with Gasteiger partial charge in [-0.05, 0) is 85.3 Å². The number of imidazole rings is 2. The zero-order chi connectivity index (χ0) is 40.1. The van der Waals surface area contributed by atoms with E-state index in [1.165, 1.54) is 25.4 Å². The molecule has 0 spiro atoms. The highest BCUT2D eigenvalue weighted by Gasteiger charge is 2.39. The molecule has 4 heterocycles. The predicted molar refractivity (Wildman–Crippen MR) is 212 cm³/mol. The van der Waals surface area contributed by atoms with Crippen LogP contribution >= 0.6 is 0 Å². The minimum atomic E-state index is -0.672. The summed E-state index contributed by atoms with van der Waals surface area (Å²) in [6.45, 7) is 11.4. The summed E-state index contributed by atoms with van der Waals surface area (Å²) in [5.41, 5.74) is 5.36. The molecule has 2 unspecified atom stereocenters. The fraction of sp³-hybridized carbons (Fsp3) is 0.571. The highest BCUT2D eigenvalue weighted by atomic mass is 16.5. The normalized spacial score (nSPS) is 22.2. The van der Waals surface area contributed by atoms with E-state index in [2.05, 4.69) is 57.9 Å². The number of aromatic nitrogens is 4. The Morgan fingerprint density at radius 3 is 1.96 bits per heavy atom. The molecule has 56 heavy (non-hydrogen) atoms. The van der Waals surface area contributed by atoms with Gasteiger partial charge in [0.25, 0.3) is 0 Å². The van der Waals surface area contributed by atoms with Crippen molar-refractivity contribution in [1.29, 1.82) is 0 Å². The Hall–Kier alpha value is -5.14. The number of H-pyrrole nitrogens is 2. The molecule has 4 N–H and O–H groups in total. The van der Waals surface area contributed by atoms with Crippen molar-refractivity contribution in [2.75, 3.05) is 27.3 Å². The van der Waals surface area contributed by atoms with Gasteiger partial charge in [-0.15, -0.1) is 0 Å². The van der Waals surface area contributed by atoms with Crippen molar-refractivity contribution in [3.63, 3.8) is 0 Å². The molecule has 3 aromatic rings. The van der Waals surface area contributed by atoms with Crippen LogP contribution in [0.3, 0.4) is 0 Å². The lowest BCUT2D eigenvalue weighted by Gasteiger charge is -2.33. The van der Waals surface area contributed by atoms with Crippen molar-refractivity contribution in [2.24, 2.45) is 11.8 Å². The summed E-state index contributed by atoms with van der Waals surface area (Å²) in [4.78, 5) is 71.4. The summed E-state index contributed by atoms with van der Waals surface area (Å²) in [6.07, 6.45) is 11.4. The van der Waals surface area contributed by atoms with E-state index in [1.54, 1.807) is 0 Å². The van der Waals surface area contributed by atoms with Crippen LogP contribution in [0.5, 0.6) is 0 Å². The number of benzene rings is 1. The van der Waals surface area contributed by atoms with Gasteiger partial charge in [-0.3, -0.25) is 9.59 Å². The fourth-order valence-corrected chi connectivity index (χ4v) is 8.45. The highest BCUT2D eigenvalue weighted by molar-refractivity contribution is 5.87. The van der Waals surface area contributed by atoms with Crippen molar-refractivity contribution in [2.45, 2.75) is 116 Å². The maximum absolute atomic E-state index is 13.7. The van der Waals surface area contributed by atoms with Crippen LogP contribution in [0, 0.1) is 11.8 Å². The average Bonchev–Trinajstić information content (AvgIpc) is 4.03. The molecular weight excluding hydrogens is 713 g/mol. The van der Waals surface area contributed by atoms with Crippen LogP contribution in [0.1, 0.15) is 121 Å². The summed E-state index contributed by atoms with van der Waals surface area (Å²) < 4.78 is 9.57. The monoisotopic (exact) mass is 770 g/mol. The van der Waals surface area contributed by atoms with Gasteiger partial charge in [-0.25, -0.2) is 19.6 Å². The molecule has 0 radical (unpaired) electrons. The lowest BCUT2D eigenvalue weighted by molar-refractivity contribution is -0.136. The largest absolute Gasteiger partial charge is 0.453 e. The maximum atomic E-state index is 13.7. The van der Waals surface area contributed by atoms with Gasteiger partial charge in [0.2, 0.25) is 11.8 Å². The number of methoxy groups -OCH3 is 2. The molecule has 2 aliphatic heterocycles. The number of hydrogen-bond acceptors (Lipinski definition) is 8. The van der Waals surface area contributed by atoms with Crippen LogP contribution < -0.4 is 10.6 Å². The van der Waals surface area contributed by atoms with Crippen LogP contribution in [0.4, 0.5) is 9.59 Å². The number of nitrogens with one attached hydrogen (secondary N) is 4. The third-order valence-electron chi connectivity index (χ3n) is 11.8. The number of hydrogen-bond donors (Lipinski definition) is 4. The number of ether oxygens (including phenoxy) is 2. The zero-order valence-corrected chi connectivity index (χ0v) is 33.8. The standard InChI is InChI=1S/C42H58N8O6/c1-25(2)22-30(47-40(53)55-6)38(51)49-20-8-10-33(49)36-43-23-31(45-36)27-12-14-29(15-13-27)42(5)18-16-28(17-19-42)32-24-44-37(46-32)34-11-9-21-50(34)39(52)35(26(3)4)48-41(54)56-7/h12-16,23-26,30,33-35H,8-11,17-22H2,1-7H3,(H,43,45)(H,44,46)(H,47,53)(H,48,54)/t30-,33-,34-,35?,42?/m0/s1. The minimum Gasteiger partial charge on any atom is -0.453 e. The number of likely N-dealkylation sites (tertiary alicyclic amines) is 2. The van der Waals surface area contributed by atoms with Crippen molar-refractivity contribution in [1.82, 2.24) is 40.4 Å². The van der Waals surface area contributed by atoms with Gasteiger partial charge in [-0.1, -0.05) is 65.0 Å². The Morgan fingerprint density at radius 1 is 0.839 bits per heavy atom. The summed E-state index contributed by atoms with van der Waals surface area (Å²) in [7, 11) is 2.60. The summed E-state index contributed by atoms with van der Waals surface area (Å²) in [5.74, 6) is 1.42. The number of amides is 4. The SMILES string of the molecule is COC(=O)NC(C(=O)N1CCC[C@H]1c1ncc(C2=CCC(C)(c3ccc(-c4cnc([C@@H]5CCCN5C(=O)[C@H](CC(C)C)NC(=O)OC)[nH]4)cc3)CC2)[nH]1)C(C)C. The second-order valence-electron chi connectivity index (χ2n) is 16.5. The number of rotatable bonds is 12. The molecule has 0 saturated carbocycles. The highest BCUT2D eigenvalue weighted by Crippen LogP contribution is 2.42. The van der Waals surface area contributed by atoms with Crippen LogP contribution in [0.15, 0.2) is 42.7 Å². The molecule has 1 aliphatic carbocycles. The van der Waals surface area contributed by atoms with E-state index in [-0.39, 0.29) is 41.1 Å². The Bertz CT molecular complexity index is 1900. The second-order valence-corrected chi connectivity index (χ2v) is 16.5. The molecule has 3 aliphatic rings. The summed E-state index contributed by atoms with van der Waals surface area (Å²) >= 11 is 0. The maximum Gasteiger partial charge on any atom is 0.407 e. The van der Waals surface area contributed by atoms with Crippen molar-refractivity contribution in [3.05, 3.63) is 65.6 Å². The molecule has 6 rings (SSSR count). The third-order valence-corrected chi connectivity index (χ3v) is 11.8. The van der Waals surface area contributed by atoms with E-state index < -0.39 is 24.3 Å². The Kier molecular flexibility index (Phi) is 12.5. The molecule has 4 amide bonds. The average molecular weight is 771 g/mol. The van der Waals surface area contributed by atoms with Crippen molar-refractivity contribution < 1.29 is 28.7 Å². The molecule has 2 fully saturated rings. The summed E-state index contributed by atoms with van der Waals surface area (Å²) in [5, 5.41) is 5.45. The first-order chi connectivity index (χ1) is 26.8. The van der Waals surface area contributed by atoms with E-state index in [0.29, 0.717) is 19.5 Å². The molecule has 1 aromatic carbocycles. The van der Waals surface area contributed by atoms with E-state index >= 15 is 0 Å². The molecule has 0 bridgehead atoms. The van der Waals surface area contributed by atoms with Gasteiger partial charge in [0.15, 0.2) is 0 Å². The van der Waals surface area contributed by atoms with Crippen LogP contribution in [0.2, 0.25) is 0 Å². The Morgan fingerprint density at radius 2 is 1.41 bits per heavy atom. The molecule has 14 heteroatoms. The quantitative estimate of drug-likeness (QED) is 0.156. The van der Waals surface area contributed by atoms with E-state index in [4.69, 9.17) is 19.4 Å². The number of aromatic amines is 2. The summed E-state index contributed by atoms with van der Waals surface area (Å²) in [6, 6.07) is 6.98. The smallest absolute Gasteiger partial charge is 0.407 e. The molecule has 302 valence electrons. The van der Waals surface area contributed by atoms with Crippen LogP contribution in [0.25, 0.3) is 16.8 Å². The molecule has 2 aromatic heterocycles. The number of carbonyl (C=O) groups is 4. The van der Waals surface area contributed by atoms with Gasteiger partial charge in [0.05, 0.1) is 50.1 Å². The lowest BCUT2D eigenvalue weighted by atomic mass is 9.71. The topological polar surface area (TPSA) is 175 Å². The molecular formula is C42H58N8O6. The van der Waals surface area contributed by atoms with Crippen LogP contribution in [-0.4, -0.2) is 93.1 Å². The first kappa shape index (κ1) is 40.5. The van der Waals surface area contributed by atoms with E-state index in [9.17, 15) is 19.2 Å². The number of alkyl carbamates (subject to hydrolysis) is 2. The first-order valence-corrected chi connectivity index (χ1v) is 20.0. The first-order valence-electron chi connectivity index (χ1n) is 20.0. The second kappa shape index (κ2) is 17.3. The lowest BCUT2D eigenvalue weighted by Crippen LogP contribution is -2.51. The van der Waals surface area contributed by atoms with Crippen molar-refractivity contribution in [3.8, 4) is 11.3 Å². The number of carbonyl (C=O) groups excluding carboxylic acids is 4. The molecule has 2 saturated heterocycles. The van der Waals surface area contributed by atoms with E-state index in [1.807, 2.05) is 49.9 Å². The van der Waals surface area contributed by atoms with E-state index in [0.717, 1.165) is 73.5 Å². The molecule has 5 atom stereocenters. The fourth-order valence-electron chi connectivity index (χ4n) is 8.45. The van der Waals surface area contributed by atoms with Gasteiger partial charge in [-0.2, -0.15) is 0 Å². The number of nitrogens with zero attached hydrogens (tertiary/aromatic N) is 4.